The number of nitrogens with zero attached hydrogens (tertiary/aromatic N) is 1. The van der Waals surface area contributed by atoms with Crippen LogP contribution in [0.3, 0.4) is 0 Å². The summed E-state index contributed by atoms with van der Waals surface area (Å²) >= 11 is 1.66. The minimum atomic E-state index is -1.22. The number of anilines is 2. The van der Waals surface area contributed by atoms with E-state index >= 15 is 0 Å². The highest BCUT2D eigenvalue weighted by Gasteiger charge is 2.21. The average molecular weight is 272 g/mol. The topological polar surface area (TPSA) is 66.6 Å². The molecule has 6 heteroatoms. The Labute approximate surface area is 110 Å². The second-order valence-electron chi connectivity index (χ2n) is 4.08. The van der Waals surface area contributed by atoms with Crippen LogP contribution >= 0.6 is 11.8 Å². The van der Waals surface area contributed by atoms with E-state index in [0.717, 1.165) is 5.75 Å². The van der Waals surface area contributed by atoms with E-state index in [1.165, 1.54) is 12.1 Å². The number of hydrogen-bond donors (Lipinski definition) is 2. The van der Waals surface area contributed by atoms with Crippen LogP contribution in [0, 0.1) is 5.82 Å². The van der Waals surface area contributed by atoms with Crippen LogP contribution in [0.5, 0.6) is 0 Å². The number of hydrogen-bond acceptors (Lipinski definition) is 4. The van der Waals surface area contributed by atoms with Gasteiger partial charge in [0.1, 0.15) is 11.4 Å². The number of thioether (sulfide) groups is 1. The van der Waals surface area contributed by atoms with E-state index in [9.17, 15) is 9.18 Å². The van der Waals surface area contributed by atoms with Crippen LogP contribution in [0.15, 0.2) is 12.1 Å². The van der Waals surface area contributed by atoms with Crippen molar-refractivity contribution in [2.45, 2.75) is 13.0 Å². The Morgan fingerprint density at radius 1 is 1.61 bits per heavy atom. The highest BCUT2D eigenvalue weighted by molar-refractivity contribution is 7.98. The van der Waals surface area contributed by atoms with E-state index < -0.39 is 11.8 Å². The maximum absolute atomic E-state index is 13.3. The molecule has 1 atom stereocenters. The van der Waals surface area contributed by atoms with E-state index in [2.05, 4.69) is 0 Å². The number of halogens is 1. The number of carbonyl (C=O) groups is 1. The quantitative estimate of drug-likeness (QED) is 0.805. The molecule has 100 valence electrons. The molecule has 0 aliphatic heterocycles. The summed E-state index contributed by atoms with van der Waals surface area (Å²) in [7, 11) is 1.78. The van der Waals surface area contributed by atoms with Gasteiger partial charge in [0.05, 0.1) is 11.4 Å². The molecule has 0 saturated heterocycles. The molecule has 0 saturated carbocycles. The van der Waals surface area contributed by atoms with Gasteiger partial charge < -0.3 is 15.7 Å². The first kappa shape index (κ1) is 14.6. The van der Waals surface area contributed by atoms with Gasteiger partial charge in [-0.1, -0.05) is 0 Å². The van der Waals surface area contributed by atoms with Crippen molar-refractivity contribution in [2.75, 3.05) is 29.7 Å². The van der Waals surface area contributed by atoms with Crippen molar-refractivity contribution in [1.82, 2.24) is 0 Å². The Morgan fingerprint density at radius 3 is 2.72 bits per heavy atom. The van der Waals surface area contributed by atoms with Crippen molar-refractivity contribution in [2.24, 2.45) is 0 Å². The zero-order valence-corrected chi connectivity index (χ0v) is 11.4. The summed E-state index contributed by atoms with van der Waals surface area (Å²) in [6.07, 6.45) is 1.97. The van der Waals surface area contributed by atoms with Gasteiger partial charge in [-0.2, -0.15) is 11.8 Å². The fraction of sp³-hybridized carbons (Fsp3) is 0.417. The van der Waals surface area contributed by atoms with Crippen molar-refractivity contribution in [1.29, 1.82) is 0 Å². The maximum Gasteiger partial charge on any atom is 0.340 e. The van der Waals surface area contributed by atoms with E-state index in [0.29, 0.717) is 5.69 Å². The molecule has 0 aliphatic carbocycles. The van der Waals surface area contributed by atoms with Gasteiger partial charge in [-0.05, 0) is 25.3 Å². The molecule has 18 heavy (non-hydrogen) atoms. The lowest BCUT2D eigenvalue weighted by atomic mass is 10.1. The molecule has 0 fully saturated rings. The van der Waals surface area contributed by atoms with Crippen molar-refractivity contribution in [3.8, 4) is 0 Å². The molecule has 0 radical (unpaired) electrons. The Hall–Kier alpha value is -1.43. The third kappa shape index (κ3) is 2.87. The fourth-order valence-corrected chi connectivity index (χ4v) is 2.40. The molecule has 0 amide bonds. The van der Waals surface area contributed by atoms with Crippen molar-refractivity contribution in [3.63, 3.8) is 0 Å². The predicted molar refractivity (Wildman–Crippen MR) is 74.0 cm³/mol. The normalized spacial score (nSPS) is 12.2. The lowest BCUT2D eigenvalue weighted by molar-refractivity contribution is 0.0698. The Bertz CT molecular complexity index is 454. The highest BCUT2D eigenvalue weighted by atomic mass is 32.2. The lowest BCUT2D eigenvalue weighted by Crippen LogP contribution is -2.32. The molecule has 0 spiro atoms. The Balaban J connectivity index is 3.24. The molecule has 1 unspecified atom stereocenters. The third-order valence-corrected chi connectivity index (χ3v) is 3.65. The molecule has 1 aromatic carbocycles. The van der Waals surface area contributed by atoms with Crippen molar-refractivity contribution >= 4 is 29.1 Å². The molecule has 4 nitrogen and oxygen atoms in total. The lowest BCUT2D eigenvalue weighted by Gasteiger charge is -2.28. The van der Waals surface area contributed by atoms with E-state index in [4.69, 9.17) is 10.8 Å². The molecule has 0 aromatic heterocycles. The summed E-state index contributed by atoms with van der Waals surface area (Å²) in [5.41, 5.74) is 5.45. The number of aromatic carboxylic acids is 1. The predicted octanol–water partition coefficient (Wildman–Crippen LogP) is 2.29. The van der Waals surface area contributed by atoms with Crippen LogP contribution in [-0.4, -0.2) is 36.2 Å². The standard InChI is InChI=1S/C12H17FN2O2S/c1-7(6-18-3)15(2)9-5-4-8(13)11(14)10(9)12(16)17/h4-5,7H,6,14H2,1-3H3,(H,16,17). The zero-order chi connectivity index (χ0) is 13.9. The van der Waals surface area contributed by atoms with Gasteiger partial charge in [0.2, 0.25) is 0 Å². The van der Waals surface area contributed by atoms with Gasteiger partial charge in [-0.3, -0.25) is 0 Å². The fourth-order valence-electron chi connectivity index (χ4n) is 1.69. The second-order valence-corrected chi connectivity index (χ2v) is 4.99. The van der Waals surface area contributed by atoms with Crippen LogP contribution in [0.25, 0.3) is 0 Å². The Kier molecular flexibility index (Phi) is 4.84. The first-order valence-corrected chi connectivity index (χ1v) is 6.82. The van der Waals surface area contributed by atoms with Gasteiger partial charge >= 0.3 is 5.97 Å². The molecule has 3 N–H and O–H groups in total. The van der Waals surface area contributed by atoms with Crippen LogP contribution in [-0.2, 0) is 0 Å². The first-order chi connectivity index (χ1) is 8.40. The summed E-state index contributed by atoms with van der Waals surface area (Å²) in [6, 6.07) is 2.77. The SMILES string of the molecule is CSCC(C)N(C)c1ccc(F)c(N)c1C(=O)O. The van der Waals surface area contributed by atoms with Crippen molar-refractivity contribution in [3.05, 3.63) is 23.5 Å². The first-order valence-electron chi connectivity index (χ1n) is 5.43. The smallest absolute Gasteiger partial charge is 0.340 e. The molecule has 0 heterocycles. The number of nitrogen functional groups attached to an aromatic ring is 1. The number of benzene rings is 1. The van der Waals surface area contributed by atoms with Crippen LogP contribution in [0.4, 0.5) is 15.8 Å². The highest BCUT2D eigenvalue weighted by Crippen LogP contribution is 2.29. The van der Waals surface area contributed by atoms with Crippen LogP contribution in [0.1, 0.15) is 17.3 Å². The van der Waals surface area contributed by atoms with Gasteiger partial charge in [0.25, 0.3) is 0 Å². The average Bonchev–Trinajstić information content (AvgIpc) is 2.31. The number of carboxylic acids is 1. The number of nitrogens with two attached hydrogens (primary N) is 1. The van der Waals surface area contributed by atoms with E-state index in [1.807, 2.05) is 13.2 Å². The minimum absolute atomic E-state index is 0.128. The summed E-state index contributed by atoms with van der Waals surface area (Å²) in [4.78, 5) is 13.0. The summed E-state index contributed by atoms with van der Waals surface area (Å²) in [5.74, 6) is -1.08. The molecule has 0 bridgehead atoms. The second kappa shape index (κ2) is 5.95. The Morgan fingerprint density at radius 2 is 2.22 bits per heavy atom. The van der Waals surface area contributed by atoms with Gasteiger partial charge in [-0.25, -0.2) is 9.18 Å². The molecule has 0 aliphatic rings. The zero-order valence-electron chi connectivity index (χ0n) is 10.6. The molecule has 1 rings (SSSR count). The van der Waals surface area contributed by atoms with Gasteiger partial charge in [-0.15, -0.1) is 0 Å². The third-order valence-electron chi connectivity index (χ3n) is 2.83. The maximum atomic E-state index is 13.3. The summed E-state index contributed by atoms with van der Waals surface area (Å²) in [6.45, 7) is 1.97. The van der Waals surface area contributed by atoms with Crippen LogP contribution < -0.4 is 10.6 Å². The molecular formula is C12H17FN2O2S. The number of carboxylic acid groups (broad SMARTS) is 1. The minimum Gasteiger partial charge on any atom is -0.478 e. The monoisotopic (exact) mass is 272 g/mol. The largest absolute Gasteiger partial charge is 0.478 e. The van der Waals surface area contributed by atoms with Crippen molar-refractivity contribution < 1.29 is 14.3 Å². The van der Waals surface area contributed by atoms with E-state index in [1.54, 1.807) is 23.7 Å². The molecule has 1 aromatic rings. The van der Waals surface area contributed by atoms with Gasteiger partial charge in [0.15, 0.2) is 0 Å². The van der Waals surface area contributed by atoms with Gasteiger partial charge in [0, 0.05) is 18.8 Å². The summed E-state index contributed by atoms with van der Waals surface area (Å²) < 4.78 is 13.3. The molecular weight excluding hydrogens is 255 g/mol. The summed E-state index contributed by atoms with van der Waals surface area (Å²) in [5, 5.41) is 9.15. The number of rotatable bonds is 5. The van der Waals surface area contributed by atoms with Crippen LogP contribution in [0.2, 0.25) is 0 Å². The van der Waals surface area contributed by atoms with E-state index in [-0.39, 0.29) is 17.3 Å².